The van der Waals surface area contributed by atoms with E-state index >= 15 is 0 Å². The van der Waals surface area contributed by atoms with Gasteiger partial charge in [0.2, 0.25) is 0 Å². The van der Waals surface area contributed by atoms with Crippen LogP contribution in [0.2, 0.25) is 0 Å². The minimum Gasteiger partial charge on any atom is -0.478 e. The summed E-state index contributed by atoms with van der Waals surface area (Å²) in [4.78, 5) is 11.8. The molecule has 0 amide bonds. The lowest BCUT2D eigenvalue weighted by molar-refractivity contribution is 0.0695. The minimum atomic E-state index is -0.879. The highest BCUT2D eigenvalue weighted by atomic mass is 16.5. The van der Waals surface area contributed by atoms with Crippen LogP contribution in [0.15, 0.2) is 24.3 Å². The quantitative estimate of drug-likeness (QED) is 0.730. The number of carboxylic acid groups (broad SMARTS) is 1. The fourth-order valence-electron chi connectivity index (χ4n) is 3.03. The zero-order chi connectivity index (χ0) is 17.7. The normalized spacial score (nSPS) is 11.0. The molecule has 5 heteroatoms. The summed E-state index contributed by atoms with van der Waals surface area (Å²) in [5.74, 6) is -0.879. The highest BCUT2D eigenvalue weighted by Gasteiger charge is 2.22. The van der Waals surface area contributed by atoms with Gasteiger partial charge in [0.25, 0.3) is 0 Å². The third kappa shape index (κ3) is 3.86. The molecule has 0 saturated carbocycles. The van der Waals surface area contributed by atoms with Crippen LogP contribution in [-0.2, 0) is 11.3 Å². The number of hydrogen-bond acceptors (Lipinski definition) is 3. The number of ether oxygens (including phenoxy) is 1. The Balaban J connectivity index is 2.34. The number of aromatic carboxylic acids is 1. The molecule has 1 aromatic carbocycles. The van der Waals surface area contributed by atoms with Crippen LogP contribution in [0.5, 0.6) is 0 Å². The zero-order valence-corrected chi connectivity index (χ0v) is 14.8. The van der Waals surface area contributed by atoms with Gasteiger partial charge in [-0.3, -0.25) is 0 Å². The maximum atomic E-state index is 11.8. The second-order valence-corrected chi connectivity index (χ2v) is 6.02. The second-order valence-electron chi connectivity index (χ2n) is 6.02. The van der Waals surface area contributed by atoms with E-state index in [1.807, 2.05) is 49.6 Å². The number of aromatic nitrogens is 1. The van der Waals surface area contributed by atoms with Gasteiger partial charge < -0.3 is 19.7 Å². The Hall–Kier alpha value is -2.11. The number of nitrogens with zero attached hydrogens (tertiary/aromatic N) is 1. The van der Waals surface area contributed by atoms with Crippen molar-refractivity contribution in [3.8, 4) is 5.69 Å². The highest BCUT2D eigenvalue weighted by Crippen LogP contribution is 2.26. The van der Waals surface area contributed by atoms with Gasteiger partial charge in [-0.25, -0.2) is 4.79 Å². The molecule has 0 fully saturated rings. The van der Waals surface area contributed by atoms with Crippen LogP contribution in [0.25, 0.3) is 5.69 Å². The summed E-state index contributed by atoms with van der Waals surface area (Å²) in [6.45, 7) is 7.91. The van der Waals surface area contributed by atoms with Gasteiger partial charge in [-0.15, -0.1) is 0 Å². The number of hydrogen-bond donors (Lipinski definition) is 2. The number of carbonyl (C=O) groups is 1. The molecule has 5 nitrogen and oxygen atoms in total. The van der Waals surface area contributed by atoms with Gasteiger partial charge >= 0.3 is 5.97 Å². The predicted molar refractivity (Wildman–Crippen MR) is 95.1 cm³/mol. The average molecular weight is 330 g/mol. The smallest absolute Gasteiger partial charge is 0.337 e. The molecular formula is C19H26N2O3. The molecule has 2 aromatic rings. The van der Waals surface area contributed by atoms with E-state index in [1.54, 1.807) is 7.11 Å². The van der Waals surface area contributed by atoms with E-state index in [0.717, 1.165) is 35.6 Å². The fraction of sp³-hybridized carbons (Fsp3) is 0.421. The summed E-state index contributed by atoms with van der Waals surface area (Å²) in [6, 6.07) is 8.13. The summed E-state index contributed by atoms with van der Waals surface area (Å²) in [5, 5.41) is 13.0. The van der Waals surface area contributed by atoms with Crippen molar-refractivity contribution in [1.29, 1.82) is 0 Å². The van der Waals surface area contributed by atoms with Gasteiger partial charge in [0.15, 0.2) is 0 Å². The van der Waals surface area contributed by atoms with E-state index in [0.29, 0.717) is 18.7 Å². The average Bonchev–Trinajstić information content (AvgIpc) is 2.79. The lowest BCUT2D eigenvalue weighted by Crippen LogP contribution is -2.18. The molecule has 0 saturated heterocycles. The molecule has 0 radical (unpaired) electrons. The molecule has 2 rings (SSSR count). The first-order chi connectivity index (χ1) is 11.5. The molecule has 1 heterocycles. The first-order valence-electron chi connectivity index (χ1n) is 8.18. The lowest BCUT2D eigenvalue weighted by atomic mass is 10.1. The van der Waals surface area contributed by atoms with Crippen LogP contribution >= 0.6 is 0 Å². The minimum absolute atomic E-state index is 0.396. The van der Waals surface area contributed by atoms with Crippen molar-refractivity contribution in [2.24, 2.45) is 0 Å². The Kier molecular flexibility index (Phi) is 6.17. The van der Waals surface area contributed by atoms with E-state index in [9.17, 15) is 9.90 Å². The SMILES string of the molecule is COCCCNCc1c(C(=O)O)c(C)n(-c2ccc(C)cc2)c1C. The van der Waals surface area contributed by atoms with Crippen molar-refractivity contribution in [3.05, 3.63) is 52.3 Å². The maximum absolute atomic E-state index is 11.8. The lowest BCUT2D eigenvalue weighted by Gasteiger charge is -2.10. The number of methoxy groups -OCH3 is 1. The summed E-state index contributed by atoms with van der Waals surface area (Å²) >= 11 is 0. The number of benzene rings is 1. The van der Waals surface area contributed by atoms with E-state index in [1.165, 1.54) is 5.56 Å². The Morgan fingerprint density at radius 2 is 1.83 bits per heavy atom. The standard InChI is InChI=1S/C19H26N2O3/c1-13-6-8-16(9-7-13)21-14(2)17(12-20-10-5-11-24-4)18(15(21)3)19(22)23/h6-9,20H,5,10-12H2,1-4H3,(H,22,23). The summed E-state index contributed by atoms with van der Waals surface area (Å²) < 4.78 is 7.06. The maximum Gasteiger partial charge on any atom is 0.337 e. The topological polar surface area (TPSA) is 63.5 Å². The van der Waals surface area contributed by atoms with Crippen molar-refractivity contribution in [2.75, 3.05) is 20.3 Å². The Morgan fingerprint density at radius 1 is 1.17 bits per heavy atom. The Bertz CT molecular complexity index is 702. The fourth-order valence-corrected chi connectivity index (χ4v) is 3.03. The molecule has 0 aliphatic heterocycles. The van der Waals surface area contributed by atoms with E-state index in [2.05, 4.69) is 5.32 Å². The van der Waals surface area contributed by atoms with Crippen LogP contribution in [0, 0.1) is 20.8 Å². The molecule has 24 heavy (non-hydrogen) atoms. The van der Waals surface area contributed by atoms with Crippen LogP contribution in [0.4, 0.5) is 0 Å². The summed E-state index contributed by atoms with van der Waals surface area (Å²) in [7, 11) is 1.68. The van der Waals surface area contributed by atoms with Gasteiger partial charge in [0.05, 0.1) is 5.56 Å². The van der Waals surface area contributed by atoms with Gasteiger partial charge in [-0.05, 0) is 45.9 Å². The molecule has 0 aliphatic carbocycles. The van der Waals surface area contributed by atoms with Crippen molar-refractivity contribution in [1.82, 2.24) is 9.88 Å². The van der Waals surface area contributed by atoms with Crippen molar-refractivity contribution >= 4 is 5.97 Å². The molecule has 0 atom stereocenters. The predicted octanol–water partition coefficient (Wildman–Crippen LogP) is 3.23. The van der Waals surface area contributed by atoms with Crippen molar-refractivity contribution in [3.63, 3.8) is 0 Å². The summed E-state index contributed by atoms with van der Waals surface area (Å²) in [6.07, 6.45) is 0.898. The van der Waals surface area contributed by atoms with E-state index in [4.69, 9.17) is 4.74 Å². The molecule has 1 aromatic heterocycles. The number of nitrogens with one attached hydrogen (secondary N) is 1. The monoisotopic (exact) mass is 330 g/mol. The van der Waals surface area contributed by atoms with Crippen molar-refractivity contribution in [2.45, 2.75) is 33.7 Å². The van der Waals surface area contributed by atoms with Gasteiger partial charge in [-0.2, -0.15) is 0 Å². The van der Waals surface area contributed by atoms with Crippen LogP contribution in [0.1, 0.15) is 39.3 Å². The number of aryl methyl sites for hydroxylation is 1. The first-order valence-corrected chi connectivity index (χ1v) is 8.18. The molecule has 0 spiro atoms. The molecule has 0 unspecified atom stereocenters. The van der Waals surface area contributed by atoms with E-state index in [-0.39, 0.29) is 0 Å². The Morgan fingerprint density at radius 3 is 2.42 bits per heavy atom. The van der Waals surface area contributed by atoms with Gasteiger partial charge in [0, 0.05) is 42.9 Å². The molecule has 2 N–H and O–H groups in total. The number of carboxylic acids is 1. The van der Waals surface area contributed by atoms with Crippen LogP contribution in [0.3, 0.4) is 0 Å². The largest absolute Gasteiger partial charge is 0.478 e. The second kappa shape index (κ2) is 8.13. The molecule has 0 aliphatic rings. The zero-order valence-electron chi connectivity index (χ0n) is 14.8. The molecular weight excluding hydrogens is 304 g/mol. The third-order valence-corrected chi connectivity index (χ3v) is 4.28. The molecule has 130 valence electrons. The third-order valence-electron chi connectivity index (χ3n) is 4.28. The van der Waals surface area contributed by atoms with E-state index < -0.39 is 5.97 Å². The summed E-state index contributed by atoms with van der Waals surface area (Å²) in [5.41, 5.74) is 5.14. The van der Waals surface area contributed by atoms with Crippen LogP contribution in [-0.4, -0.2) is 35.9 Å². The van der Waals surface area contributed by atoms with Crippen LogP contribution < -0.4 is 5.32 Å². The van der Waals surface area contributed by atoms with Crippen molar-refractivity contribution < 1.29 is 14.6 Å². The molecule has 0 bridgehead atoms. The Labute approximate surface area is 143 Å². The number of rotatable bonds is 8. The van der Waals surface area contributed by atoms with Gasteiger partial charge in [-0.1, -0.05) is 17.7 Å². The first kappa shape index (κ1) is 18.2. The highest BCUT2D eigenvalue weighted by molar-refractivity contribution is 5.91. The van der Waals surface area contributed by atoms with Gasteiger partial charge in [0.1, 0.15) is 0 Å².